The van der Waals surface area contributed by atoms with Crippen LogP contribution in [0.15, 0.2) is 59.7 Å². The molecule has 0 amide bonds. The van der Waals surface area contributed by atoms with Crippen molar-refractivity contribution in [2.75, 3.05) is 6.61 Å². The van der Waals surface area contributed by atoms with Crippen molar-refractivity contribution in [2.45, 2.75) is 13.1 Å². The molecular formula is C15H17NO2. The molecule has 0 fully saturated rings. The molecule has 18 heavy (non-hydrogen) atoms. The van der Waals surface area contributed by atoms with E-state index in [2.05, 4.69) is 11.9 Å². The molecule has 0 bridgehead atoms. The molecule has 2 rings (SSSR count). The molecule has 1 heterocycles. The molecule has 3 heteroatoms. The van der Waals surface area contributed by atoms with Crippen LogP contribution in [0.5, 0.6) is 5.75 Å². The van der Waals surface area contributed by atoms with E-state index in [0.717, 1.165) is 23.6 Å². The van der Waals surface area contributed by atoms with Crippen molar-refractivity contribution in [3.8, 4) is 5.75 Å². The van der Waals surface area contributed by atoms with Gasteiger partial charge in [0.05, 0.1) is 12.8 Å². The predicted octanol–water partition coefficient (Wildman–Crippen LogP) is 3.13. The highest BCUT2D eigenvalue weighted by atomic mass is 16.5. The van der Waals surface area contributed by atoms with E-state index in [1.54, 1.807) is 12.3 Å². The summed E-state index contributed by atoms with van der Waals surface area (Å²) in [4.78, 5) is 0. The Labute approximate surface area is 107 Å². The van der Waals surface area contributed by atoms with Crippen LogP contribution in [0.2, 0.25) is 0 Å². The van der Waals surface area contributed by atoms with Gasteiger partial charge in [-0.15, -0.1) is 0 Å². The Kier molecular flexibility index (Phi) is 4.61. The van der Waals surface area contributed by atoms with Crippen molar-refractivity contribution >= 4 is 0 Å². The van der Waals surface area contributed by atoms with E-state index in [9.17, 15) is 0 Å². The van der Waals surface area contributed by atoms with Crippen molar-refractivity contribution in [1.29, 1.82) is 0 Å². The fraction of sp³-hybridized carbons (Fsp3) is 0.200. The molecule has 1 aromatic carbocycles. The summed E-state index contributed by atoms with van der Waals surface area (Å²) in [6.45, 7) is 5.63. The van der Waals surface area contributed by atoms with E-state index < -0.39 is 0 Å². The summed E-state index contributed by atoms with van der Waals surface area (Å²) in [5, 5.41) is 3.32. The van der Waals surface area contributed by atoms with Gasteiger partial charge < -0.3 is 14.5 Å². The number of ether oxygens (including phenoxy) is 1. The lowest BCUT2D eigenvalue weighted by Crippen LogP contribution is -2.13. The van der Waals surface area contributed by atoms with Gasteiger partial charge in [-0.1, -0.05) is 30.9 Å². The van der Waals surface area contributed by atoms with E-state index in [0.29, 0.717) is 13.2 Å². The van der Waals surface area contributed by atoms with Gasteiger partial charge in [-0.3, -0.25) is 0 Å². The van der Waals surface area contributed by atoms with E-state index in [-0.39, 0.29) is 0 Å². The SMILES string of the molecule is C=CCOc1ccccc1CNCc1ccco1. The molecule has 0 atom stereocenters. The lowest BCUT2D eigenvalue weighted by Gasteiger charge is -2.10. The van der Waals surface area contributed by atoms with Gasteiger partial charge in [-0.05, 0) is 18.2 Å². The highest BCUT2D eigenvalue weighted by molar-refractivity contribution is 5.33. The standard InChI is InChI=1S/C15H17NO2/c1-2-9-18-15-8-4-3-6-13(15)11-16-12-14-7-5-10-17-14/h2-8,10,16H,1,9,11-12H2. The normalized spacial score (nSPS) is 10.2. The van der Waals surface area contributed by atoms with Crippen LogP contribution in [0.4, 0.5) is 0 Å². The second-order valence-corrected chi connectivity index (χ2v) is 3.89. The summed E-state index contributed by atoms with van der Waals surface area (Å²) in [6, 6.07) is 11.8. The van der Waals surface area contributed by atoms with Gasteiger partial charge in [0.1, 0.15) is 18.1 Å². The molecule has 1 N–H and O–H groups in total. The maximum Gasteiger partial charge on any atom is 0.124 e. The third-order valence-corrected chi connectivity index (χ3v) is 2.52. The summed E-state index contributed by atoms with van der Waals surface area (Å²) in [7, 11) is 0. The van der Waals surface area contributed by atoms with Crippen LogP contribution in [0.25, 0.3) is 0 Å². The number of rotatable bonds is 7. The van der Waals surface area contributed by atoms with Gasteiger partial charge in [0.2, 0.25) is 0 Å². The Morgan fingerprint density at radius 1 is 1.17 bits per heavy atom. The number of benzene rings is 1. The van der Waals surface area contributed by atoms with Gasteiger partial charge >= 0.3 is 0 Å². The molecule has 0 saturated carbocycles. The van der Waals surface area contributed by atoms with E-state index in [1.165, 1.54) is 0 Å². The minimum Gasteiger partial charge on any atom is -0.489 e. The second kappa shape index (κ2) is 6.67. The highest BCUT2D eigenvalue weighted by Crippen LogP contribution is 2.17. The molecule has 94 valence electrons. The van der Waals surface area contributed by atoms with Crippen LogP contribution >= 0.6 is 0 Å². The average molecular weight is 243 g/mol. The van der Waals surface area contributed by atoms with Gasteiger partial charge in [-0.25, -0.2) is 0 Å². The van der Waals surface area contributed by atoms with E-state index in [4.69, 9.17) is 9.15 Å². The average Bonchev–Trinajstić information content (AvgIpc) is 2.91. The number of furan rings is 1. The van der Waals surface area contributed by atoms with Crippen LogP contribution in [-0.4, -0.2) is 6.61 Å². The highest BCUT2D eigenvalue weighted by Gasteiger charge is 2.02. The molecule has 2 aromatic rings. The number of nitrogens with one attached hydrogen (secondary N) is 1. The van der Waals surface area contributed by atoms with Gasteiger partial charge in [0.15, 0.2) is 0 Å². The van der Waals surface area contributed by atoms with E-state index in [1.807, 2.05) is 36.4 Å². The summed E-state index contributed by atoms with van der Waals surface area (Å²) in [6.07, 6.45) is 3.42. The molecule has 0 radical (unpaired) electrons. The first-order valence-corrected chi connectivity index (χ1v) is 5.95. The molecular weight excluding hydrogens is 226 g/mol. The minimum atomic E-state index is 0.523. The quantitative estimate of drug-likeness (QED) is 0.759. The molecule has 1 aromatic heterocycles. The Morgan fingerprint density at radius 3 is 2.83 bits per heavy atom. The molecule has 0 aliphatic heterocycles. The van der Waals surface area contributed by atoms with Crippen LogP contribution in [0.1, 0.15) is 11.3 Å². The summed E-state index contributed by atoms with van der Waals surface area (Å²) >= 11 is 0. The Morgan fingerprint density at radius 2 is 2.06 bits per heavy atom. The maximum absolute atomic E-state index is 5.59. The first-order chi connectivity index (χ1) is 8.90. The zero-order chi connectivity index (χ0) is 12.6. The largest absolute Gasteiger partial charge is 0.489 e. The Bertz CT molecular complexity index is 477. The van der Waals surface area contributed by atoms with E-state index >= 15 is 0 Å². The van der Waals surface area contributed by atoms with Crippen LogP contribution in [-0.2, 0) is 13.1 Å². The molecule has 0 aliphatic carbocycles. The first kappa shape index (κ1) is 12.5. The monoisotopic (exact) mass is 243 g/mol. The third kappa shape index (κ3) is 3.50. The van der Waals surface area contributed by atoms with Crippen LogP contribution in [0, 0.1) is 0 Å². The number of hydrogen-bond donors (Lipinski definition) is 1. The molecule has 0 saturated heterocycles. The van der Waals surface area contributed by atoms with Crippen molar-refractivity contribution in [2.24, 2.45) is 0 Å². The molecule has 3 nitrogen and oxygen atoms in total. The van der Waals surface area contributed by atoms with Crippen molar-refractivity contribution < 1.29 is 9.15 Å². The Balaban J connectivity index is 1.89. The topological polar surface area (TPSA) is 34.4 Å². The molecule has 0 aliphatic rings. The summed E-state index contributed by atoms with van der Waals surface area (Å²) in [5.41, 5.74) is 1.13. The fourth-order valence-corrected chi connectivity index (χ4v) is 1.67. The zero-order valence-corrected chi connectivity index (χ0v) is 10.3. The molecule has 0 unspecified atom stereocenters. The number of hydrogen-bond acceptors (Lipinski definition) is 3. The molecule has 0 spiro atoms. The minimum absolute atomic E-state index is 0.523. The first-order valence-electron chi connectivity index (χ1n) is 5.95. The maximum atomic E-state index is 5.59. The van der Waals surface area contributed by atoms with Crippen LogP contribution in [0.3, 0.4) is 0 Å². The van der Waals surface area contributed by atoms with Gasteiger partial charge in [-0.2, -0.15) is 0 Å². The van der Waals surface area contributed by atoms with Gasteiger partial charge in [0.25, 0.3) is 0 Å². The van der Waals surface area contributed by atoms with Crippen molar-refractivity contribution in [3.63, 3.8) is 0 Å². The third-order valence-electron chi connectivity index (χ3n) is 2.52. The van der Waals surface area contributed by atoms with Crippen molar-refractivity contribution in [3.05, 3.63) is 66.6 Å². The Hall–Kier alpha value is -2.00. The lowest BCUT2D eigenvalue weighted by molar-refractivity contribution is 0.357. The fourth-order valence-electron chi connectivity index (χ4n) is 1.67. The summed E-state index contributed by atoms with van der Waals surface area (Å²) < 4.78 is 10.9. The van der Waals surface area contributed by atoms with Crippen LogP contribution < -0.4 is 10.1 Å². The number of para-hydroxylation sites is 1. The summed E-state index contributed by atoms with van der Waals surface area (Å²) in [5.74, 6) is 1.82. The second-order valence-electron chi connectivity index (χ2n) is 3.89. The lowest BCUT2D eigenvalue weighted by atomic mass is 10.2. The van der Waals surface area contributed by atoms with Gasteiger partial charge in [0, 0.05) is 12.1 Å². The smallest absolute Gasteiger partial charge is 0.124 e. The van der Waals surface area contributed by atoms with Crippen molar-refractivity contribution in [1.82, 2.24) is 5.32 Å². The predicted molar refractivity (Wildman–Crippen MR) is 71.4 cm³/mol. The zero-order valence-electron chi connectivity index (χ0n) is 10.3.